The van der Waals surface area contributed by atoms with E-state index in [0.29, 0.717) is 17.6 Å². The summed E-state index contributed by atoms with van der Waals surface area (Å²) in [6.07, 6.45) is 2.00. The molecule has 3 heterocycles. The molecule has 6 heteroatoms. The molecule has 0 aliphatic carbocycles. The first-order chi connectivity index (χ1) is 23.8. The Balaban J connectivity index is 1.41. The van der Waals surface area contributed by atoms with Gasteiger partial charge in [-0.3, -0.25) is 4.57 Å². The lowest BCUT2D eigenvalue weighted by atomic mass is 9.96. The summed E-state index contributed by atoms with van der Waals surface area (Å²) < 4.78 is 4.25. The fourth-order valence-corrected chi connectivity index (χ4v) is 7.15. The van der Waals surface area contributed by atoms with Crippen LogP contribution in [0.25, 0.3) is 88.7 Å². The first-order valence-electron chi connectivity index (χ1n) is 16.0. The van der Waals surface area contributed by atoms with Crippen LogP contribution in [0.5, 0.6) is 0 Å². The Morgan fingerprint density at radius 3 is 1.56 bits per heavy atom. The number of nitrogens with zero attached hydrogens (tertiary/aromatic N) is 6. The van der Waals surface area contributed by atoms with Gasteiger partial charge in [-0.05, 0) is 40.4 Å². The summed E-state index contributed by atoms with van der Waals surface area (Å²) in [6.45, 7) is 0. The third kappa shape index (κ3) is 3.93. The highest BCUT2D eigenvalue weighted by Gasteiger charge is 2.24. The standard InChI is InChI=1S/C42H26N6/c1-4-14-27(15-5-1)40-44-41(28-16-6-2-7-17-28)46-42(45-40)47-36-25-24-35-34(26-43-48(35)29-18-8-3-9-19-29)37(36)38-32-22-12-10-20-30(32)31-21-11-13-23-33(31)39(38)47/h1-26H. The van der Waals surface area contributed by atoms with Crippen LogP contribution >= 0.6 is 0 Å². The highest BCUT2D eigenvalue weighted by molar-refractivity contribution is 6.35. The van der Waals surface area contributed by atoms with Crippen LogP contribution in [-0.2, 0) is 0 Å². The van der Waals surface area contributed by atoms with E-state index in [2.05, 4.69) is 77.4 Å². The Kier molecular flexibility index (Phi) is 5.77. The second-order valence-electron chi connectivity index (χ2n) is 11.9. The first kappa shape index (κ1) is 26.5. The summed E-state index contributed by atoms with van der Waals surface area (Å²) in [4.78, 5) is 15.4. The van der Waals surface area contributed by atoms with E-state index < -0.39 is 0 Å². The summed E-state index contributed by atoms with van der Waals surface area (Å²) in [5, 5.41) is 13.0. The van der Waals surface area contributed by atoms with Crippen LogP contribution in [0.2, 0.25) is 0 Å². The maximum absolute atomic E-state index is 5.21. The molecular weight excluding hydrogens is 589 g/mol. The van der Waals surface area contributed by atoms with Crippen molar-refractivity contribution in [3.8, 4) is 34.4 Å². The minimum Gasteiger partial charge on any atom is -0.277 e. The number of benzene rings is 7. The molecule has 0 saturated heterocycles. The number of hydrogen-bond donors (Lipinski definition) is 0. The molecule has 0 fully saturated rings. The van der Waals surface area contributed by atoms with Crippen LogP contribution in [0.4, 0.5) is 0 Å². The van der Waals surface area contributed by atoms with Gasteiger partial charge < -0.3 is 0 Å². The third-order valence-corrected chi connectivity index (χ3v) is 9.24. The van der Waals surface area contributed by atoms with Gasteiger partial charge in [0.05, 0.1) is 28.4 Å². The van der Waals surface area contributed by atoms with Gasteiger partial charge in [0, 0.05) is 32.7 Å². The van der Waals surface area contributed by atoms with E-state index in [4.69, 9.17) is 20.1 Å². The quantitative estimate of drug-likeness (QED) is 0.185. The zero-order chi connectivity index (χ0) is 31.6. The lowest BCUT2D eigenvalue weighted by Crippen LogP contribution is -2.06. The fraction of sp³-hybridized carbons (Fsp3) is 0. The summed E-state index contributed by atoms with van der Waals surface area (Å²) >= 11 is 0. The Bertz CT molecular complexity index is 2760. The molecule has 7 aromatic carbocycles. The summed E-state index contributed by atoms with van der Waals surface area (Å²) in [6, 6.07) is 52.2. The lowest BCUT2D eigenvalue weighted by molar-refractivity contribution is 0.911. The molecule has 3 aromatic heterocycles. The van der Waals surface area contributed by atoms with Crippen LogP contribution in [0, 0.1) is 0 Å². The number of rotatable bonds is 4. The van der Waals surface area contributed by atoms with E-state index >= 15 is 0 Å². The molecule has 10 aromatic rings. The molecule has 0 atom stereocenters. The smallest absolute Gasteiger partial charge is 0.238 e. The zero-order valence-corrected chi connectivity index (χ0v) is 25.7. The molecule has 0 spiro atoms. The van der Waals surface area contributed by atoms with Gasteiger partial charge >= 0.3 is 0 Å². The van der Waals surface area contributed by atoms with E-state index in [1.165, 1.54) is 16.2 Å². The van der Waals surface area contributed by atoms with Crippen molar-refractivity contribution < 1.29 is 0 Å². The minimum atomic E-state index is 0.568. The lowest BCUT2D eigenvalue weighted by Gasteiger charge is -2.13. The molecular formula is C42H26N6. The van der Waals surface area contributed by atoms with Gasteiger partial charge in [0.1, 0.15) is 0 Å². The fourth-order valence-electron chi connectivity index (χ4n) is 7.15. The van der Waals surface area contributed by atoms with E-state index in [-0.39, 0.29) is 0 Å². The SMILES string of the molecule is c1ccc(-c2nc(-c3ccccc3)nc(-n3c4ccc5c(cnn5-c5ccccc5)c4c4c5ccccc5c5ccccc5c43)n2)cc1. The molecule has 6 nitrogen and oxygen atoms in total. The van der Waals surface area contributed by atoms with Gasteiger partial charge in [0.2, 0.25) is 5.95 Å². The van der Waals surface area contributed by atoms with E-state index in [1.54, 1.807) is 0 Å². The second kappa shape index (κ2) is 10.4. The van der Waals surface area contributed by atoms with Crippen molar-refractivity contribution in [2.75, 3.05) is 0 Å². The molecule has 0 amide bonds. The van der Waals surface area contributed by atoms with Crippen molar-refractivity contribution in [1.82, 2.24) is 29.3 Å². The number of hydrogen-bond acceptors (Lipinski definition) is 4. The topological polar surface area (TPSA) is 61.4 Å². The van der Waals surface area contributed by atoms with Gasteiger partial charge in [0.25, 0.3) is 0 Å². The second-order valence-corrected chi connectivity index (χ2v) is 11.9. The summed E-state index contributed by atoms with van der Waals surface area (Å²) in [7, 11) is 0. The third-order valence-electron chi connectivity index (χ3n) is 9.24. The normalized spacial score (nSPS) is 11.8. The molecule has 0 N–H and O–H groups in total. The molecule has 0 aliphatic heterocycles. The highest BCUT2D eigenvalue weighted by atomic mass is 15.3. The predicted octanol–water partition coefficient (Wildman–Crippen LogP) is 9.95. The number of fused-ring (bicyclic) bond motifs is 10. The van der Waals surface area contributed by atoms with Crippen molar-refractivity contribution in [3.05, 3.63) is 158 Å². The predicted molar refractivity (Wildman–Crippen MR) is 195 cm³/mol. The zero-order valence-electron chi connectivity index (χ0n) is 25.7. The summed E-state index contributed by atoms with van der Waals surface area (Å²) in [5.41, 5.74) is 5.99. The average molecular weight is 615 g/mol. The van der Waals surface area contributed by atoms with Crippen LogP contribution in [0.3, 0.4) is 0 Å². The van der Waals surface area contributed by atoms with Crippen molar-refractivity contribution in [1.29, 1.82) is 0 Å². The largest absolute Gasteiger partial charge is 0.277 e. The Morgan fingerprint density at radius 2 is 0.917 bits per heavy atom. The molecule has 0 radical (unpaired) electrons. The van der Waals surface area contributed by atoms with Gasteiger partial charge in [-0.1, -0.05) is 127 Å². The first-order valence-corrected chi connectivity index (χ1v) is 16.0. The van der Waals surface area contributed by atoms with Gasteiger partial charge in [-0.2, -0.15) is 15.1 Å². The minimum absolute atomic E-state index is 0.568. The van der Waals surface area contributed by atoms with Crippen LogP contribution < -0.4 is 0 Å². The maximum atomic E-state index is 5.21. The molecule has 0 aliphatic rings. The molecule has 48 heavy (non-hydrogen) atoms. The van der Waals surface area contributed by atoms with Crippen molar-refractivity contribution >= 4 is 54.3 Å². The molecule has 0 unspecified atom stereocenters. The van der Waals surface area contributed by atoms with E-state index in [0.717, 1.165) is 54.9 Å². The van der Waals surface area contributed by atoms with Crippen LogP contribution in [0.15, 0.2) is 158 Å². The van der Waals surface area contributed by atoms with Crippen molar-refractivity contribution in [2.24, 2.45) is 0 Å². The Labute approximate surface area is 275 Å². The number of para-hydroxylation sites is 1. The monoisotopic (exact) mass is 614 g/mol. The molecule has 0 saturated carbocycles. The molecule has 10 rings (SSSR count). The molecule has 224 valence electrons. The highest BCUT2D eigenvalue weighted by Crippen LogP contribution is 2.44. The van der Waals surface area contributed by atoms with Crippen molar-refractivity contribution in [3.63, 3.8) is 0 Å². The van der Waals surface area contributed by atoms with Crippen molar-refractivity contribution in [2.45, 2.75) is 0 Å². The molecule has 0 bridgehead atoms. The average Bonchev–Trinajstić information content (AvgIpc) is 3.76. The van der Waals surface area contributed by atoms with Crippen LogP contribution in [-0.4, -0.2) is 29.3 Å². The van der Waals surface area contributed by atoms with E-state index in [9.17, 15) is 0 Å². The Hall–Kier alpha value is -6.66. The van der Waals surface area contributed by atoms with Crippen LogP contribution in [0.1, 0.15) is 0 Å². The van der Waals surface area contributed by atoms with Gasteiger partial charge in [-0.25, -0.2) is 9.67 Å². The Morgan fingerprint density at radius 1 is 0.396 bits per heavy atom. The number of aromatic nitrogens is 6. The van der Waals surface area contributed by atoms with E-state index in [1.807, 2.05) is 89.7 Å². The van der Waals surface area contributed by atoms with Gasteiger partial charge in [0.15, 0.2) is 11.6 Å². The van der Waals surface area contributed by atoms with Gasteiger partial charge in [-0.15, -0.1) is 0 Å². The maximum Gasteiger partial charge on any atom is 0.238 e. The summed E-state index contributed by atoms with van der Waals surface area (Å²) in [5.74, 6) is 1.81.